The average Bonchev–Trinajstić information content (AvgIpc) is 2.63. The number of nitrogens with one attached hydrogen (secondary N) is 1. The maximum Gasteiger partial charge on any atom is 0.244 e. The van der Waals surface area contributed by atoms with Crippen LogP contribution in [-0.2, 0) is 19.6 Å². The summed E-state index contributed by atoms with van der Waals surface area (Å²) in [7, 11) is -3.80. The van der Waals surface area contributed by atoms with E-state index in [4.69, 9.17) is 4.74 Å². The highest BCUT2D eigenvalue weighted by atomic mass is 32.2. The Kier molecular flexibility index (Phi) is 8.63. The molecule has 7 nitrogen and oxygen atoms in total. The van der Waals surface area contributed by atoms with Crippen LogP contribution in [0.5, 0.6) is 0 Å². The van der Waals surface area contributed by atoms with Crippen LogP contribution in [0.2, 0.25) is 0 Å². The molecule has 1 saturated heterocycles. The van der Waals surface area contributed by atoms with Gasteiger partial charge in [0.05, 0.1) is 17.5 Å². The van der Waals surface area contributed by atoms with Gasteiger partial charge in [-0.2, -0.15) is 4.31 Å². The third-order valence-corrected chi connectivity index (χ3v) is 7.14. The maximum absolute atomic E-state index is 13.5. The smallest absolute Gasteiger partial charge is 0.244 e. The fourth-order valence-corrected chi connectivity index (χ4v) is 5.55. The molecular formula is C21H35N3O4S. The number of benzene rings is 1. The van der Waals surface area contributed by atoms with Crippen LogP contribution in [0.4, 0.5) is 0 Å². The number of carbonyl (C=O) groups excluding carboxylic acids is 1. The fourth-order valence-electron chi connectivity index (χ4n) is 3.71. The van der Waals surface area contributed by atoms with Gasteiger partial charge in [0, 0.05) is 39.3 Å². The summed E-state index contributed by atoms with van der Waals surface area (Å²) in [5, 5.41) is 3.21. The van der Waals surface area contributed by atoms with Gasteiger partial charge in [0.2, 0.25) is 15.9 Å². The van der Waals surface area contributed by atoms with E-state index in [0.717, 1.165) is 18.7 Å². The molecule has 0 bridgehead atoms. The molecule has 1 aliphatic rings. The van der Waals surface area contributed by atoms with Crippen LogP contribution in [0.3, 0.4) is 0 Å². The van der Waals surface area contributed by atoms with Crippen molar-refractivity contribution in [1.29, 1.82) is 0 Å². The quantitative estimate of drug-likeness (QED) is 0.611. The van der Waals surface area contributed by atoms with Crippen LogP contribution in [-0.4, -0.2) is 75.5 Å². The second-order valence-corrected chi connectivity index (χ2v) is 9.85. The molecule has 0 spiro atoms. The van der Waals surface area contributed by atoms with Crippen molar-refractivity contribution in [3.63, 3.8) is 0 Å². The molecule has 8 heteroatoms. The molecule has 1 amide bonds. The van der Waals surface area contributed by atoms with Gasteiger partial charge in [-0.1, -0.05) is 17.7 Å². The molecule has 29 heavy (non-hydrogen) atoms. The summed E-state index contributed by atoms with van der Waals surface area (Å²) in [6.07, 6.45) is 0.625. The Morgan fingerprint density at radius 2 is 1.76 bits per heavy atom. The number of rotatable bonds is 9. The Hall–Kier alpha value is -1.48. The molecule has 1 heterocycles. The molecule has 0 saturated carbocycles. The van der Waals surface area contributed by atoms with Crippen molar-refractivity contribution in [2.75, 3.05) is 45.9 Å². The molecule has 0 aromatic heterocycles. The van der Waals surface area contributed by atoms with E-state index in [2.05, 4.69) is 5.32 Å². The summed E-state index contributed by atoms with van der Waals surface area (Å²) in [5.41, 5.74) is 2.44. The van der Waals surface area contributed by atoms with E-state index in [1.807, 2.05) is 46.8 Å². The van der Waals surface area contributed by atoms with E-state index in [1.54, 1.807) is 4.90 Å². The number of aryl methyl sites for hydroxylation is 3. The third kappa shape index (κ3) is 6.50. The molecule has 0 unspecified atom stereocenters. The second-order valence-electron chi connectivity index (χ2n) is 7.97. The first kappa shape index (κ1) is 23.8. The number of hydrogen-bond acceptors (Lipinski definition) is 5. The summed E-state index contributed by atoms with van der Waals surface area (Å²) in [5.74, 6) is -0.151. The zero-order valence-corrected chi connectivity index (χ0v) is 19.1. The van der Waals surface area contributed by atoms with Crippen LogP contribution in [0.1, 0.15) is 37.0 Å². The number of hydrogen-bond donors (Lipinski definition) is 1. The van der Waals surface area contributed by atoms with Crippen LogP contribution in [0, 0.1) is 20.8 Å². The molecule has 0 aliphatic carbocycles. The lowest BCUT2D eigenvalue weighted by molar-refractivity contribution is -0.132. The molecule has 1 aromatic rings. The predicted molar refractivity (Wildman–Crippen MR) is 115 cm³/mol. The summed E-state index contributed by atoms with van der Waals surface area (Å²) >= 11 is 0. The number of nitrogens with zero attached hydrogens (tertiary/aromatic N) is 2. The van der Waals surface area contributed by atoms with Gasteiger partial charge >= 0.3 is 0 Å². The number of carbonyl (C=O) groups is 1. The standard InChI is InChI=1S/C21H35N3O4S/c1-16(2)28-12-6-9-24(15-20(25)23-10-7-22-8-11-23)29(26,27)21-18(4)13-17(3)14-19(21)5/h13-14,16,22H,6-12,15H2,1-5H3. The number of piperazine rings is 1. The lowest BCUT2D eigenvalue weighted by Gasteiger charge is -2.30. The zero-order valence-electron chi connectivity index (χ0n) is 18.3. The van der Waals surface area contributed by atoms with Crippen molar-refractivity contribution in [3.05, 3.63) is 28.8 Å². The first-order valence-corrected chi connectivity index (χ1v) is 11.7. The van der Waals surface area contributed by atoms with E-state index in [0.29, 0.717) is 42.1 Å². The molecule has 0 radical (unpaired) electrons. The maximum atomic E-state index is 13.5. The molecule has 1 N–H and O–H groups in total. The van der Waals surface area contributed by atoms with E-state index in [9.17, 15) is 13.2 Å². The predicted octanol–water partition coefficient (Wildman–Crippen LogP) is 1.85. The second kappa shape index (κ2) is 10.5. The van der Waals surface area contributed by atoms with Gasteiger partial charge in [0.25, 0.3) is 0 Å². The fraction of sp³-hybridized carbons (Fsp3) is 0.667. The highest BCUT2D eigenvalue weighted by Gasteiger charge is 2.31. The minimum absolute atomic E-state index is 0.0872. The Balaban J connectivity index is 2.26. The van der Waals surface area contributed by atoms with E-state index in [-0.39, 0.29) is 25.1 Å². The van der Waals surface area contributed by atoms with Gasteiger partial charge in [-0.05, 0) is 52.2 Å². The monoisotopic (exact) mass is 425 g/mol. The van der Waals surface area contributed by atoms with Crippen LogP contribution >= 0.6 is 0 Å². The Morgan fingerprint density at radius 3 is 2.31 bits per heavy atom. The Bertz CT molecular complexity index is 779. The minimum Gasteiger partial charge on any atom is -0.379 e. The molecule has 1 aromatic carbocycles. The Morgan fingerprint density at radius 1 is 1.17 bits per heavy atom. The minimum atomic E-state index is -3.80. The zero-order chi connectivity index (χ0) is 21.6. The van der Waals surface area contributed by atoms with Crippen LogP contribution < -0.4 is 5.32 Å². The highest BCUT2D eigenvalue weighted by Crippen LogP contribution is 2.25. The first-order chi connectivity index (χ1) is 13.6. The van der Waals surface area contributed by atoms with Crippen molar-refractivity contribution in [2.45, 2.75) is 52.0 Å². The molecule has 1 fully saturated rings. The summed E-state index contributed by atoms with van der Waals surface area (Å²) in [4.78, 5) is 14.9. The molecule has 0 atom stereocenters. The van der Waals surface area contributed by atoms with Crippen molar-refractivity contribution < 1.29 is 17.9 Å². The van der Waals surface area contributed by atoms with E-state index >= 15 is 0 Å². The molecule has 1 aliphatic heterocycles. The van der Waals surface area contributed by atoms with Crippen molar-refractivity contribution >= 4 is 15.9 Å². The first-order valence-electron chi connectivity index (χ1n) is 10.3. The molecular weight excluding hydrogens is 390 g/mol. The number of amides is 1. The van der Waals surface area contributed by atoms with Gasteiger partial charge in [-0.25, -0.2) is 8.42 Å². The van der Waals surface area contributed by atoms with Gasteiger partial charge in [0.15, 0.2) is 0 Å². The third-order valence-electron chi connectivity index (χ3n) is 4.99. The highest BCUT2D eigenvalue weighted by molar-refractivity contribution is 7.89. The summed E-state index contributed by atoms with van der Waals surface area (Å²) in [6, 6.07) is 3.75. The van der Waals surface area contributed by atoms with Gasteiger partial charge in [0.1, 0.15) is 0 Å². The topological polar surface area (TPSA) is 79.0 Å². The molecule has 164 valence electrons. The van der Waals surface area contributed by atoms with Crippen molar-refractivity contribution in [2.24, 2.45) is 0 Å². The average molecular weight is 426 g/mol. The summed E-state index contributed by atoms with van der Waals surface area (Å²) < 4.78 is 34.0. The van der Waals surface area contributed by atoms with Gasteiger partial charge in [-0.15, -0.1) is 0 Å². The normalized spacial score (nSPS) is 15.3. The number of ether oxygens (including phenoxy) is 1. The molecule has 2 rings (SSSR count). The SMILES string of the molecule is Cc1cc(C)c(S(=O)(=O)N(CCCOC(C)C)CC(=O)N2CCNCC2)c(C)c1. The largest absolute Gasteiger partial charge is 0.379 e. The lowest BCUT2D eigenvalue weighted by atomic mass is 10.1. The van der Waals surface area contributed by atoms with Crippen LogP contribution in [0.25, 0.3) is 0 Å². The van der Waals surface area contributed by atoms with E-state index in [1.165, 1.54) is 4.31 Å². The van der Waals surface area contributed by atoms with E-state index < -0.39 is 10.0 Å². The van der Waals surface area contributed by atoms with Crippen molar-refractivity contribution in [3.8, 4) is 0 Å². The van der Waals surface area contributed by atoms with Gasteiger partial charge in [-0.3, -0.25) is 4.79 Å². The summed E-state index contributed by atoms with van der Waals surface area (Å²) in [6.45, 7) is 12.7. The Labute approximate surface area is 175 Å². The van der Waals surface area contributed by atoms with Gasteiger partial charge < -0.3 is 15.0 Å². The number of sulfonamides is 1. The van der Waals surface area contributed by atoms with Crippen molar-refractivity contribution in [1.82, 2.24) is 14.5 Å². The lowest BCUT2D eigenvalue weighted by Crippen LogP contribution is -2.50. The van der Waals surface area contributed by atoms with Crippen LogP contribution in [0.15, 0.2) is 17.0 Å².